The number of furan rings is 1. The summed E-state index contributed by atoms with van der Waals surface area (Å²) in [6.07, 6.45) is 1.55. The number of rotatable bonds is 6. The molecule has 4 N–H and O–H groups in total. The summed E-state index contributed by atoms with van der Waals surface area (Å²) >= 11 is 1.39. The van der Waals surface area contributed by atoms with Gasteiger partial charge in [0, 0.05) is 0 Å². The van der Waals surface area contributed by atoms with Crippen molar-refractivity contribution < 1.29 is 14.2 Å². The van der Waals surface area contributed by atoms with E-state index in [4.69, 9.17) is 4.42 Å². The minimum atomic E-state index is -0.162. The smallest absolute Gasteiger partial charge is 0.315 e. The second-order valence-electron chi connectivity index (χ2n) is 4.54. The van der Waals surface area contributed by atoms with Crippen LogP contribution in [0.1, 0.15) is 5.76 Å². The summed E-state index contributed by atoms with van der Waals surface area (Å²) in [7, 11) is 0. The van der Waals surface area contributed by atoms with E-state index in [1.807, 2.05) is 24.3 Å². The molecule has 2 aromatic heterocycles. The maximum atomic E-state index is 11.8. The molecular formula is C15H15N4O2S+. The predicted octanol–water partition coefficient (Wildman–Crippen LogP) is 1.96. The van der Waals surface area contributed by atoms with Crippen LogP contribution in [0, 0.1) is 0 Å². The molecule has 0 saturated heterocycles. The van der Waals surface area contributed by atoms with Crippen LogP contribution in [-0.4, -0.2) is 16.6 Å². The number of nitrogens with one attached hydrogen (secondary N) is 4. The van der Waals surface area contributed by atoms with E-state index in [1.54, 1.807) is 18.4 Å². The van der Waals surface area contributed by atoms with E-state index in [0.717, 1.165) is 16.2 Å². The predicted molar refractivity (Wildman–Crippen MR) is 84.6 cm³/mol. The highest BCUT2D eigenvalue weighted by Gasteiger charge is 2.12. The van der Waals surface area contributed by atoms with Gasteiger partial charge in [0.05, 0.1) is 17.7 Å². The fraction of sp³-hybridized carbons (Fsp3) is 0.0667. The first-order valence-electron chi connectivity index (χ1n) is 6.63. The number of carbonyl (C=O) groups excluding carboxylic acids is 1. The van der Waals surface area contributed by atoms with Crippen LogP contribution >= 0.6 is 11.8 Å². The average Bonchev–Trinajstić information content (AvgIpc) is 3.19. The van der Waals surface area contributed by atoms with Crippen molar-refractivity contribution in [2.75, 3.05) is 5.75 Å². The van der Waals surface area contributed by atoms with Crippen molar-refractivity contribution in [1.82, 2.24) is 15.8 Å². The summed E-state index contributed by atoms with van der Waals surface area (Å²) < 4.78 is 5.16. The number of hydrogen-bond donors (Lipinski definition) is 3. The first-order chi connectivity index (χ1) is 10.7. The van der Waals surface area contributed by atoms with Crippen LogP contribution in [-0.2, 0) is 4.79 Å². The number of benzene rings is 1. The minimum Gasteiger partial charge on any atom is -0.463 e. The molecule has 22 heavy (non-hydrogen) atoms. The van der Waals surface area contributed by atoms with Gasteiger partial charge in [0.15, 0.2) is 16.8 Å². The molecule has 0 fully saturated rings. The Morgan fingerprint density at radius 1 is 1.27 bits per heavy atom. The van der Waals surface area contributed by atoms with Gasteiger partial charge < -0.3 is 4.42 Å². The number of fused-ring (bicyclic) bond motifs is 1. The monoisotopic (exact) mass is 315 g/mol. The van der Waals surface area contributed by atoms with Crippen LogP contribution in [0.5, 0.6) is 0 Å². The third-order valence-electron chi connectivity index (χ3n) is 2.94. The molecular weight excluding hydrogens is 300 g/mol. The van der Waals surface area contributed by atoms with Crippen LogP contribution in [0.25, 0.3) is 16.7 Å². The molecule has 0 radical (unpaired) electrons. The zero-order chi connectivity index (χ0) is 15.4. The van der Waals surface area contributed by atoms with Crippen molar-refractivity contribution in [2.45, 2.75) is 5.16 Å². The van der Waals surface area contributed by atoms with Crippen molar-refractivity contribution >= 4 is 34.4 Å². The Kier molecular flexibility index (Phi) is 4.15. The van der Waals surface area contributed by atoms with Gasteiger partial charge in [-0.25, -0.2) is 9.97 Å². The summed E-state index contributed by atoms with van der Waals surface area (Å²) in [6.45, 7) is 3.78. The fourth-order valence-corrected chi connectivity index (χ4v) is 2.59. The number of imidazole rings is 1. The van der Waals surface area contributed by atoms with E-state index in [2.05, 4.69) is 27.4 Å². The van der Waals surface area contributed by atoms with E-state index >= 15 is 0 Å². The number of H-pyrrole nitrogens is 2. The van der Waals surface area contributed by atoms with Crippen LogP contribution in [0.2, 0.25) is 0 Å². The lowest BCUT2D eigenvalue weighted by molar-refractivity contribution is -0.396. The number of para-hydroxylation sites is 2. The van der Waals surface area contributed by atoms with Gasteiger partial charge >= 0.3 is 5.16 Å². The molecule has 112 valence electrons. The lowest BCUT2D eigenvalue weighted by Crippen LogP contribution is -2.37. The van der Waals surface area contributed by atoms with Gasteiger partial charge in [0.1, 0.15) is 0 Å². The molecule has 0 aliphatic carbocycles. The highest BCUT2D eigenvalue weighted by molar-refractivity contribution is 7.99. The van der Waals surface area contributed by atoms with Crippen LogP contribution in [0.3, 0.4) is 0 Å². The van der Waals surface area contributed by atoms with Gasteiger partial charge in [0.25, 0.3) is 0 Å². The van der Waals surface area contributed by atoms with Gasteiger partial charge in [-0.3, -0.25) is 15.6 Å². The molecule has 7 heteroatoms. The van der Waals surface area contributed by atoms with Gasteiger partial charge in [-0.1, -0.05) is 18.7 Å². The second kappa shape index (κ2) is 6.40. The molecule has 1 aromatic carbocycles. The zero-order valence-electron chi connectivity index (χ0n) is 11.7. The Balaban J connectivity index is 1.49. The molecule has 0 aliphatic heterocycles. The number of aromatic amines is 2. The molecule has 6 nitrogen and oxygen atoms in total. The SMILES string of the molecule is C=C(NNC(=O)CSc1[nH]c2ccccc2[nH+]1)c1ccco1. The first kappa shape index (κ1) is 14.3. The lowest BCUT2D eigenvalue weighted by Gasteiger charge is -2.07. The molecule has 3 aromatic rings. The Morgan fingerprint density at radius 2 is 2.14 bits per heavy atom. The second-order valence-corrected chi connectivity index (χ2v) is 5.53. The summed E-state index contributed by atoms with van der Waals surface area (Å²) in [5.74, 6) is 0.684. The molecule has 1 amide bonds. The van der Waals surface area contributed by atoms with Crippen molar-refractivity contribution in [2.24, 2.45) is 0 Å². The number of hydrogen-bond acceptors (Lipinski definition) is 4. The highest BCUT2D eigenvalue weighted by atomic mass is 32.2. The Labute approximate surface area is 131 Å². The summed E-state index contributed by atoms with van der Waals surface area (Å²) in [5, 5.41) is 0.834. The number of carbonyl (C=O) groups is 1. The van der Waals surface area contributed by atoms with E-state index in [9.17, 15) is 4.79 Å². The Morgan fingerprint density at radius 3 is 2.91 bits per heavy atom. The summed E-state index contributed by atoms with van der Waals surface area (Å²) in [6, 6.07) is 11.4. The largest absolute Gasteiger partial charge is 0.463 e. The van der Waals surface area contributed by atoms with Crippen molar-refractivity contribution in [1.29, 1.82) is 0 Å². The topological polar surface area (TPSA) is 84.2 Å². The highest BCUT2D eigenvalue weighted by Crippen LogP contribution is 2.14. The van der Waals surface area contributed by atoms with E-state index in [1.165, 1.54) is 11.8 Å². The van der Waals surface area contributed by atoms with E-state index in [-0.39, 0.29) is 11.7 Å². The number of amides is 1. The number of aromatic nitrogens is 2. The molecule has 0 spiro atoms. The minimum absolute atomic E-state index is 0.162. The molecule has 3 rings (SSSR count). The Bertz CT molecular complexity index is 762. The maximum absolute atomic E-state index is 11.8. The first-order valence-corrected chi connectivity index (χ1v) is 7.61. The van der Waals surface area contributed by atoms with Crippen molar-refractivity contribution in [3.63, 3.8) is 0 Å². The third kappa shape index (κ3) is 3.32. The maximum Gasteiger partial charge on any atom is 0.315 e. The van der Waals surface area contributed by atoms with E-state index < -0.39 is 0 Å². The molecule has 0 bridgehead atoms. The standard InChI is InChI=1S/C15H14N4O2S/c1-10(13-7-4-8-21-13)18-19-14(20)9-22-15-16-11-5-2-3-6-12(11)17-15/h2-8,18H,1,9H2,(H,16,17)(H,19,20)/p+1. The zero-order valence-corrected chi connectivity index (χ0v) is 12.5. The van der Waals surface area contributed by atoms with Gasteiger partial charge in [-0.2, -0.15) is 0 Å². The van der Waals surface area contributed by atoms with Crippen LogP contribution in [0.4, 0.5) is 0 Å². The van der Waals surface area contributed by atoms with Gasteiger partial charge in [-0.15, -0.1) is 0 Å². The molecule has 0 saturated carbocycles. The molecule has 2 heterocycles. The molecule has 0 unspecified atom stereocenters. The quantitative estimate of drug-likeness (QED) is 0.479. The fourth-order valence-electron chi connectivity index (χ4n) is 1.88. The van der Waals surface area contributed by atoms with Crippen LogP contribution < -0.4 is 15.8 Å². The van der Waals surface area contributed by atoms with Gasteiger partial charge in [-0.05, 0) is 36.0 Å². The lowest BCUT2D eigenvalue weighted by atomic mass is 10.3. The molecule has 0 atom stereocenters. The Hall–Kier alpha value is -2.67. The third-order valence-corrected chi connectivity index (χ3v) is 3.84. The normalized spacial score (nSPS) is 10.5. The molecule has 0 aliphatic rings. The summed E-state index contributed by atoms with van der Waals surface area (Å²) in [4.78, 5) is 18.2. The average molecular weight is 315 g/mol. The number of hydrazine groups is 1. The van der Waals surface area contributed by atoms with Gasteiger partial charge in [0.2, 0.25) is 5.91 Å². The summed E-state index contributed by atoms with van der Waals surface area (Å²) in [5.41, 5.74) is 7.82. The van der Waals surface area contributed by atoms with E-state index in [0.29, 0.717) is 11.5 Å². The number of thioether (sulfide) groups is 1. The van der Waals surface area contributed by atoms with Crippen molar-refractivity contribution in [3.05, 3.63) is 55.0 Å². The van der Waals surface area contributed by atoms with Crippen LogP contribution in [0.15, 0.2) is 58.8 Å². The van der Waals surface area contributed by atoms with Crippen molar-refractivity contribution in [3.8, 4) is 0 Å².